The molecular formula is C22H20N4O5. The van der Waals surface area contributed by atoms with Gasteiger partial charge in [0.1, 0.15) is 5.75 Å². The van der Waals surface area contributed by atoms with Crippen molar-refractivity contribution in [3.63, 3.8) is 0 Å². The van der Waals surface area contributed by atoms with Gasteiger partial charge in [0, 0.05) is 16.8 Å². The number of methoxy groups -OCH3 is 1. The maximum atomic E-state index is 13.1. The Morgan fingerprint density at radius 3 is 2.29 bits per heavy atom. The van der Waals surface area contributed by atoms with Crippen molar-refractivity contribution in [1.29, 1.82) is 0 Å². The smallest absolute Gasteiger partial charge is 0.409 e. The van der Waals surface area contributed by atoms with E-state index in [1.54, 1.807) is 60.5 Å². The van der Waals surface area contributed by atoms with E-state index in [1.807, 2.05) is 6.92 Å². The van der Waals surface area contributed by atoms with E-state index in [0.29, 0.717) is 29.1 Å². The molecular weight excluding hydrogens is 400 g/mol. The fourth-order valence-corrected chi connectivity index (χ4v) is 3.66. The van der Waals surface area contributed by atoms with Crippen LogP contribution in [0.1, 0.15) is 33.3 Å². The highest BCUT2D eigenvalue weighted by molar-refractivity contribution is 6.12. The highest BCUT2D eigenvalue weighted by Gasteiger charge is 2.34. The molecule has 9 heteroatoms. The van der Waals surface area contributed by atoms with Gasteiger partial charge < -0.3 is 14.7 Å². The van der Waals surface area contributed by atoms with Crippen molar-refractivity contribution < 1.29 is 24.2 Å². The number of hydrogen-bond donors (Lipinski definition) is 2. The van der Waals surface area contributed by atoms with E-state index in [9.17, 15) is 14.4 Å². The molecule has 158 valence electrons. The Bertz CT molecular complexity index is 1150. The molecule has 0 saturated carbocycles. The van der Waals surface area contributed by atoms with Crippen LogP contribution in [0.4, 0.5) is 16.2 Å². The standard InChI is InChI=1S/C22H20N4O5/c1-13-12-25-19(18(11-23-25)24-22(29)30)21(28)26(13)16-7-3-14(4-8-16)20(27)15-5-9-17(31-2)10-6-15/h3-11,13,24H,12H2,1-2H3,(H,29,30)/t13-/m0/s1. The first-order chi connectivity index (χ1) is 14.9. The van der Waals surface area contributed by atoms with Crippen LogP contribution < -0.4 is 15.0 Å². The first-order valence-corrected chi connectivity index (χ1v) is 9.57. The van der Waals surface area contributed by atoms with E-state index in [-0.39, 0.29) is 29.1 Å². The summed E-state index contributed by atoms with van der Waals surface area (Å²) in [5, 5.41) is 15.3. The number of carbonyl (C=O) groups is 3. The van der Waals surface area contributed by atoms with Gasteiger partial charge in [-0.3, -0.25) is 19.6 Å². The monoisotopic (exact) mass is 420 g/mol. The molecule has 2 aromatic carbocycles. The Kier molecular flexibility index (Phi) is 5.16. The minimum Gasteiger partial charge on any atom is -0.497 e. The molecule has 1 atom stereocenters. The highest BCUT2D eigenvalue weighted by Crippen LogP contribution is 2.29. The van der Waals surface area contributed by atoms with Crippen LogP contribution in [0, 0.1) is 0 Å². The van der Waals surface area contributed by atoms with E-state index < -0.39 is 6.09 Å². The van der Waals surface area contributed by atoms with Crippen LogP contribution in [0.3, 0.4) is 0 Å². The number of anilines is 2. The number of ketones is 1. The Morgan fingerprint density at radius 2 is 1.71 bits per heavy atom. The summed E-state index contributed by atoms with van der Waals surface area (Å²) in [6.07, 6.45) is 0.0592. The van der Waals surface area contributed by atoms with Crippen LogP contribution >= 0.6 is 0 Å². The van der Waals surface area contributed by atoms with Gasteiger partial charge in [-0.05, 0) is 55.5 Å². The molecule has 0 unspecified atom stereocenters. The van der Waals surface area contributed by atoms with Gasteiger partial charge >= 0.3 is 6.09 Å². The molecule has 0 fully saturated rings. The average Bonchev–Trinajstić information content (AvgIpc) is 3.15. The SMILES string of the molecule is COc1ccc(C(=O)c2ccc(N3C(=O)c4c(NC(=O)O)cnn4C[C@@H]3C)cc2)cc1. The largest absolute Gasteiger partial charge is 0.497 e. The van der Waals surface area contributed by atoms with E-state index in [4.69, 9.17) is 9.84 Å². The summed E-state index contributed by atoms with van der Waals surface area (Å²) in [7, 11) is 1.56. The zero-order valence-electron chi connectivity index (χ0n) is 16.9. The van der Waals surface area contributed by atoms with Crippen molar-refractivity contribution in [1.82, 2.24) is 9.78 Å². The maximum Gasteiger partial charge on any atom is 0.409 e. The van der Waals surface area contributed by atoms with E-state index in [1.165, 1.54) is 10.9 Å². The molecule has 1 aliphatic heterocycles. The molecule has 2 amide bonds. The summed E-state index contributed by atoms with van der Waals surface area (Å²) < 4.78 is 6.61. The third-order valence-corrected chi connectivity index (χ3v) is 5.14. The lowest BCUT2D eigenvalue weighted by Gasteiger charge is -2.34. The predicted octanol–water partition coefficient (Wildman–Crippen LogP) is 3.26. The zero-order valence-corrected chi connectivity index (χ0v) is 16.9. The molecule has 2 N–H and O–H groups in total. The van der Waals surface area contributed by atoms with Gasteiger partial charge in [0.05, 0.1) is 31.6 Å². The predicted molar refractivity (Wildman–Crippen MR) is 113 cm³/mol. The lowest BCUT2D eigenvalue weighted by atomic mass is 10.0. The van der Waals surface area contributed by atoms with Crippen LogP contribution in [0.2, 0.25) is 0 Å². The summed E-state index contributed by atoms with van der Waals surface area (Å²) in [5.74, 6) is 0.160. The molecule has 0 spiro atoms. The van der Waals surface area contributed by atoms with Gasteiger partial charge in [-0.2, -0.15) is 5.10 Å². The lowest BCUT2D eigenvalue weighted by Crippen LogP contribution is -2.47. The molecule has 9 nitrogen and oxygen atoms in total. The zero-order chi connectivity index (χ0) is 22.1. The summed E-state index contributed by atoms with van der Waals surface area (Å²) >= 11 is 0. The van der Waals surface area contributed by atoms with Gasteiger partial charge in [-0.15, -0.1) is 0 Å². The molecule has 1 aromatic heterocycles. The molecule has 1 aliphatic rings. The van der Waals surface area contributed by atoms with Gasteiger partial charge in [0.2, 0.25) is 0 Å². The van der Waals surface area contributed by atoms with Crippen LogP contribution in [0.15, 0.2) is 54.7 Å². The minimum absolute atomic E-state index is 0.140. The number of amides is 2. The van der Waals surface area contributed by atoms with Crippen LogP contribution in [-0.2, 0) is 6.54 Å². The first kappa shape index (κ1) is 20.1. The fourth-order valence-electron chi connectivity index (χ4n) is 3.66. The second-order valence-electron chi connectivity index (χ2n) is 7.15. The highest BCUT2D eigenvalue weighted by atomic mass is 16.5. The quantitative estimate of drug-likeness (QED) is 0.613. The van der Waals surface area contributed by atoms with Crippen molar-refractivity contribution in [2.45, 2.75) is 19.5 Å². The van der Waals surface area contributed by atoms with E-state index in [2.05, 4.69) is 10.4 Å². The van der Waals surface area contributed by atoms with Gasteiger partial charge in [-0.25, -0.2) is 4.79 Å². The number of aromatic nitrogens is 2. The summed E-state index contributed by atoms with van der Waals surface area (Å²) in [5.41, 5.74) is 1.95. The number of nitrogens with one attached hydrogen (secondary N) is 1. The summed E-state index contributed by atoms with van der Waals surface area (Å²) in [6.45, 7) is 2.29. The van der Waals surface area contributed by atoms with E-state index in [0.717, 1.165) is 0 Å². The summed E-state index contributed by atoms with van der Waals surface area (Å²) in [4.78, 5) is 38.5. The Balaban J connectivity index is 1.60. The molecule has 0 saturated heterocycles. The number of benzene rings is 2. The average molecular weight is 420 g/mol. The van der Waals surface area contributed by atoms with Gasteiger partial charge in [-0.1, -0.05) is 0 Å². The van der Waals surface area contributed by atoms with Crippen LogP contribution in [0.5, 0.6) is 5.75 Å². The molecule has 2 heterocycles. The second kappa shape index (κ2) is 7.94. The Hall–Kier alpha value is -4.14. The lowest BCUT2D eigenvalue weighted by molar-refractivity contribution is 0.0947. The molecule has 0 aliphatic carbocycles. The van der Waals surface area contributed by atoms with E-state index >= 15 is 0 Å². The van der Waals surface area contributed by atoms with Crippen molar-refractivity contribution >= 4 is 29.2 Å². The molecule has 0 bridgehead atoms. The molecule has 3 aromatic rings. The molecule has 0 radical (unpaired) electrons. The maximum absolute atomic E-state index is 13.1. The molecule has 4 rings (SSSR count). The number of ether oxygens (including phenoxy) is 1. The molecule has 31 heavy (non-hydrogen) atoms. The van der Waals surface area contributed by atoms with Crippen molar-refractivity contribution in [2.24, 2.45) is 0 Å². The number of carbonyl (C=O) groups excluding carboxylic acids is 2. The normalized spacial score (nSPS) is 15.4. The number of nitrogens with zero attached hydrogens (tertiary/aromatic N) is 3. The van der Waals surface area contributed by atoms with Crippen LogP contribution in [-0.4, -0.2) is 45.8 Å². The Labute approximate surface area is 177 Å². The summed E-state index contributed by atoms with van der Waals surface area (Å²) in [6, 6.07) is 13.4. The van der Waals surface area contributed by atoms with Crippen molar-refractivity contribution in [3.05, 3.63) is 71.5 Å². The number of carboxylic acid groups (broad SMARTS) is 1. The number of hydrogen-bond acceptors (Lipinski definition) is 5. The second-order valence-corrected chi connectivity index (χ2v) is 7.15. The van der Waals surface area contributed by atoms with Gasteiger partial charge in [0.15, 0.2) is 11.5 Å². The number of fused-ring (bicyclic) bond motifs is 1. The van der Waals surface area contributed by atoms with Crippen LogP contribution in [0.25, 0.3) is 0 Å². The minimum atomic E-state index is -1.27. The third-order valence-electron chi connectivity index (χ3n) is 5.14. The van der Waals surface area contributed by atoms with Crippen molar-refractivity contribution in [2.75, 3.05) is 17.3 Å². The fraction of sp³-hybridized carbons (Fsp3) is 0.182. The number of rotatable bonds is 5. The topological polar surface area (TPSA) is 114 Å². The first-order valence-electron chi connectivity index (χ1n) is 9.57. The van der Waals surface area contributed by atoms with Crippen molar-refractivity contribution in [3.8, 4) is 5.75 Å². The third kappa shape index (κ3) is 3.73. The Morgan fingerprint density at radius 1 is 1.10 bits per heavy atom. The van der Waals surface area contributed by atoms with Gasteiger partial charge in [0.25, 0.3) is 5.91 Å².